The van der Waals surface area contributed by atoms with Gasteiger partial charge in [-0.05, 0) is 32.1 Å². The molecule has 3 aliphatic rings. The first-order chi connectivity index (χ1) is 9.69. The van der Waals surface area contributed by atoms with E-state index in [1.807, 2.05) is 0 Å². The minimum Gasteiger partial charge on any atom is -0.340 e. The van der Waals surface area contributed by atoms with Gasteiger partial charge in [-0.15, -0.1) is 0 Å². The van der Waals surface area contributed by atoms with Gasteiger partial charge in [-0.1, -0.05) is 25.7 Å². The Hall–Kier alpha value is -0.610. The largest absolute Gasteiger partial charge is 0.340 e. The third-order valence-electron chi connectivity index (χ3n) is 5.58. The summed E-state index contributed by atoms with van der Waals surface area (Å²) >= 11 is 0. The standard InChI is InChI=1S/C16H29N3O/c17-16(8-3-4-9-16)15(20)19-11-5-10-18(12-13-19)14-6-1-2-7-14/h14H,1-13,17H2. The van der Waals surface area contributed by atoms with Gasteiger partial charge >= 0.3 is 0 Å². The van der Waals surface area contributed by atoms with Crippen molar-refractivity contribution in [1.29, 1.82) is 0 Å². The Kier molecular flexibility index (Phi) is 4.32. The molecule has 114 valence electrons. The van der Waals surface area contributed by atoms with Crippen LogP contribution >= 0.6 is 0 Å². The van der Waals surface area contributed by atoms with E-state index < -0.39 is 5.54 Å². The summed E-state index contributed by atoms with van der Waals surface area (Å²) in [4.78, 5) is 17.4. The average molecular weight is 279 g/mol. The topological polar surface area (TPSA) is 49.6 Å². The predicted octanol–water partition coefficient (Wildman–Crippen LogP) is 1.73. The minimum atomic E-state index is -0.539. The molecule has 0 unspecified atom stereocenters. The van der Waals surface area contributed by atoms with Crippen LogP contribution in [0.4, 0.5) is 0 Å². The van der Waals surface area contributed by atoms with Gasteiger partial charge in [0.05, 0.1) is 5.54 Å². The molecule has 1 aliphatic heterocycles. The summed E-state index contributed by atoms with van der Waals surface area (Å²) in [6, 6.07) is 0.781. The lowest BCUT2D eigenvalue weighted by Crippen LogP contribution is -2.54. The fourth-order valence-electron chi connectivity index (χ4n) is 4.31. The summed E-state index contributed by atoms with van der Waals surface area (Å²) in [7, 11) is 0. The molecular weight excluding hydrogens is 250 g/mol. The smallest absolute Gasteiger partial charge is 0.242 e. The first-order valence-electron chi connectivity index (χ1n) is 8.51. The lowest BCUT2D eigenvalue weighted by molar-refractivity contribution is -0.136. The van der Waals surface area contributed by atoms with E-state index in [0.29, 0.717) is 0 Å². The molecule has 20 heavy (non-hydrogen) atoms. The van der Waals surface area contributed by atoms with Gasteiger partial charge in [-0.3, -0.25) is 9.69 Å². The number of nitrogens with two attached hydrogens (primary N) is 1. The van der Waals surface area contributed by atoms with Crippen molar-refractivity contribution in [3.63, 3.8) is 0 Å². The van der Waals surface area contributed by atoms with Crippen LogP contribution in [-0.2, 0) is 4.79 Å². The number of carbonyl (C=O) groups is 1. The molecule has 0 atom stereocenters. The second kappa shape index (κ2) is 6.02. The second-order valence-electron chi connectivity index (χ2n) is 6.98. The fourth-order valence-corrected chi connectivity index (χ4v) is 4.31. The van der Waals surface area contributed by atoms with E-state index in [4.69, 9.17) is 5.73 Å². The van der Waals surface area contributed by atoms with Crippen LogP contribution in [0.2, 0.25) is 0 Å². The third-order valence-corrected chi connectivity index (χ3v) is 5.58. The average Bonchev–Trinajstić information content (AvgIpc) is 3.07. The summed E-state index contributed by atoms with van der Waals surface area (Å²) in [5, 5.41) is 0. The zero-order valence-electron chi connectivity index (χ0n) is 12.6. The van der Waals surface area contributed by atoms with E-state index in [1.165, 1.54) is 25.7 Å². The number of amides is 1. The summed E-state index contributed by atoms with van der Waals surface area (Å²) < 4.78 is 0. The highest BCUT2D eigenvalue weighted by Gasteiger charge is 2.40. The molecule has 4 nitrogen and oxygen atoms in total. The summed E-state index contributed by atoms with van der Waals surface area (Å²) in [5.74, 6) is 0.225. The quantitative estimate of drug-likeness (QED) is 0.837. The zero-order chi connectivity index (χ0) is 14.0. The Morgan fingerprint density at radius 2 is 1.60 bits per heavy atom. The molecule has 3 rings (SSSR count). The highest BCUT2D eigenvalue weighted by molar-refractivity contribution is 5.86. The minimum absolute atomic E-state index is 0.225. The van der Waals surface area contributed by atoms with Crippen molar-refractivity contribution in [3.05, 3.63) is 0 Å². The molecule has 0 aromatic carbocycles. The lowest BCUT2D eigenvalue weighted by atomic mass is 9.97. The molecule has 0 spiro atoms. The van der Waals surface area contributed by atoms with Crippen molar-refractivity contribution in [1.82, 2.24) is 9.80 Å². The molecule has 4 heteroatoms. The Morgan fingerprint density at radius 1 is 0.900 bits per heavy atom. The van der Waals surface area contributed by atoms with Gasteiger partial charge in [-0.25, -0.2) is 0 Å². The first-order valence-corrected chi connectivity index (χ1v) is 8.51. The Balaban J connectivity index is 1.57. The van der Waals surface area contributed by atoms with Crippen molar-refractivity contribution in [3.8, 4) is 0 Å². The van der Waals surface area contributed by atoms with E-state index in [-0.39, 0.29) is 5.91 Å². The van der Waals surface area contributed by atoms with Crippen LogP contribution in [0.3, 0.4) is 0 Å². The molecule has 0 bridgehead atoms. The third kappa shape index (κ3) is 2.86. The maximum atomic E-state index is 12.7. The van der Waals surface area contributed by atoms with Crippen LogP contribution in [0.5, 0.6) is 0 Å². The van der Waals surface area contributed by atoms with Crippen molar-refractivity contribution < 1.29 is 4.79 Å². The summed E-state index contributed by atoms with van der Waals surface area (Å²) in [6.07, 6.45) is 10.6. The van der Waals surface area contributed by atoms with Crippen LogP contribution in [0.15, 0.2) is 0 Å². The van der Waals surface area contributed by atoms with Gasteiger partial charge in [0.25, 0.3) is 0 Å². The normalized spacial score (nSPS) is 28.8. The number of hydrogen-bond acceptors (Lipinski definition) is 3. The molecule has 2 aliphatic carbocycles. The monoisotopic (exact) mass is 279 g/mol. The first kappa shape index (κ1) is 14.3. The molecular formula is C16H29N3O. The number of carbonyl (C=O) groups excluding carboxylic acids is 1. The SMILES string of the molecule is NC1(C(=O)N2CCCN(C3CCCC3)CC2)CCCC1. The molecule has 2 saturated carbocycles. The number of nitrogens with zero attached hydrogens (tertiary/aromatic N) is 2. The van der Waals surface area contributed by atoms with Crippen molar-refractivity contribution >= 4 is 5.91 Å². The highest BCUT2D eigenvalue weighted by atomic mass is 16.2. The molecule has 1 heterocycles. The van der Waals surface area contributed by atoms with Gasteiger partial charge in [0, 0.05) is 32.2 Å². The molecule has 1 saturated heterocycles. The molecule has 3 fully saturated rings. The maximum absolute atomic E-state index is 12.7. The second-order valence-corrected chi connectivity index (χ2v) is 6.98. The van der Waals surface area contributed by atoms with Gasteiger partial charge in [-0.2, -0.15) is 0 Å². The van der Waals surface area contributed by atoms with Gasteiger partial charge < -0.3 is 10.6 Å². The van der Waals surface area contributed by atoms with Crippen molar-refractivity contribution in [2.24, 2.45) is 5.73 Å². The molecule has 2 N–H and O–H groups in total. The van der Waals surface area contributed by atoms with Gasteiger partial charge in [0.15, 0.2) is 0 Å². The molecule has 0 aromatic heterocycles. The summed E-state index contributed by atoms with van der Waals surface area (Å²) in [5.41, 5.74) is 5.80. The molecule has 0 radical (unpaired) electrons. The Bertz CT molecular complexity index is 346. The van der Waals surface area contributed by atoms with Crippen LogP contribution in [0, 0.1) is 0 Å². The van der Waals surface area contributed by atoms with Crippen LogP contribution in [0.1, 0.15) is 57.8 Å². The van der Waals surface area contributed by atoms with Crippen LogP contribution in [0.25, 0.3) is 0 Å². The van der Waals surface area contributed by atoms with E-state index in [2.05, 4.69) is 9.80 Å². The highest BCUT2D eigenvalue weighted by Crippen LogP contribution is 2.30. The zero-order valence-corrected chi connectivity index (χ0v) is 12.6. The summed E-state index contributed by atoms with van der Waals surface area (Å²) in [6.45, 7) is 3.99. The Morgan fingerprint density at radius 3 is 2.30 bits per heavy atom. The Labute approximate surface area is 122 Å². The number of rotatable bonds is 2. The number of hydrogen-bond donors (Lipinski definition) is 1. The van der Waals surface area contributed by atoms with Crippen molar-refractivity contribution in [2.75, 3.05) is 26.2 Å². The lowest BCUT2D eigenvalue weighted by Gasteiger charge is -2.31. The van der Waals surface area contributed by atoms with Crippen LogP contribution in [-0.4, -0.2) is 53.5 Å². The van der Waals surface area contributed by atoms with E-state index in [1.54, 1.807) is 0 Å². The van der Waals surface area contributed by atoms with Gasteiger partial charge in [0.1, 0.15) is 0 Å². The van der Waals surface area contributed by atoms with E-state index >= 15 is 0 Å². The predicted molar refractivity (Wildman–Crippen MR) is 80.4 cm³/mol. The van der Waals surface area contributed by atoms with Crippen LogP contribution < -0.4 is 5.73 Å². The van der Waals surface area contributed by atoms with E-state index in [9.17, 15) is 4.79 Å². The fraction of sp³-hybridized carbons (Fsp3) is 0.938. The van der Waals surface area contributed by atoms with E-state index in [0.717, 1.165) is 64.3 Å². The van der Waals surface area contributed by atoms with Crippen molar-refractivity contribution in [2.45, 2.75) is 69.4 Å². The molecule has 0 aromatic rings. The molecule has 1 amide bonds. The van der Waals surface area contributed by atoms with Gasteiger partial charge in [0.2, 0.25) is 5.91 Å². The maximum Gasteiger partial charge on any atom is 0.242 e.